The van der Waals surface area contributed by atoms with Crippen LogP contribution in [0, 0.1) is 10.1 Å². The van der Waals surface area contributed by atoms with E-state index < -0.39 is 28.6 Å². The smallest absolute Gasteiger partial charge is 0.386 e. The van der Waals surface area contributed by atoms with Crippen LogP contribution in [0.15, 0.2) is 30.3 Å². The fraction of sp³-hybridized carbons (Fsp3) is 0.533. The van der Waals surface area contributed by atoms with Crippen molar-refractivity contribution in [3.05, 3.63) is 46.0 Å². The molecule has 0 amide bonds. The minimum absolute atomic E-state index is 0.239. The molecule has 0 aliphatic rings. The number of carbonyl (C=O) groups excluding carboxylic acids is 1. The largest absolute Gasteiger partial charge is 0.458 e. The van der Waals surface area contributed by atoms with Crippen LogP contribution in [0.3, 0.4) is 0 Å². The summed E-state index contributed by atoms with van der Waals surface area (Å²) < 4.78 is 4.97. The van der Waals surface area contributed by atoms with Gasteiger partial charge in [0.05, 0.1) is 25.3 Å². The second kappa shape index (κ2) is 7.86. The number of hydrogen-bond acceptors (Lipinski definition) is 6. The normalized spacial score (nSPS) is 15.1. The molecule has 0 saturated carbocycles. The summed E-state index contributed by atoms with van der Waals surface area (Å²) in [6, 6.07) is 8.54. The SMILES string of the molecule is CC(C)OC(=O)C(C)(CN[C@H](CO)c1ccccc1)[N+](=O)[O-]. The number of ether oxygens (including phenoxy) is 1. The van der Waals surface area contributed by atoms with Crippen molar-refractivity contribution in [3.8, 4) is 0 Å². The first-order chi connectivity index (χ1) is 10.3. The van der Waals surface area contributed by atoms with Crippen LogP contribution in [0.5, 0.6) is 0 Å². The van der Waals surface area contributed by atoms with Crippen molar-refractivity contribution in [2.24, 2.45) is 0 Å². The molecule has 0 heterocycles. The first-order valence-corrected chi connectivity index (χ1v) is 7.06. The van der Waals surface area contributed by atoms with Gasteiger partial charge in [-0.3, -0.25) is 10.1 Å². The van der Waals surface area contributed by atoms with Gasteiger partial charge < -0.3 is 15.2 Å². The highest BCUT2D eigenvalue weighted by molar-refractivity contribution is 5.79. The zero-order valence-electron chi connectivity index (χ0n) is 13.0. The van der Waals surface area contributed by atoms with Crippen LogP contribution in [0.25, 0.3) is 0 Å². The minimum Gasteiger partial charge on any atom is -0.458 e. The maximum atomic E-state index is 12.0. The Morgan fingerprint density at radius 2 is 2.00 bits per heavy atom. The molecule has 0 aliphatic heterocycles. The van der Waals surface area contributed by atoms with Gasteiger partial charge in [0.2, 0.25) is 0 Å². The van der Waals surface area contributed by atoms with E-state index in [-0.39, 0.29) is 13.2 Å². The quantitative estimate of drug-likeness (QED) is 0.426. The van der Waals surface area contributed by atoms with Gasteiger partial charge in [0, 0.05) is 11.8 Å². The van der Waals surface area contributed by atoms with Crippen LogP contribution in [-0.2, 0) is 9.53 Å². The molecule has 2 N–H and O–H groups in total. The monoisotopic (exact) mass is 310 g/mol. The van der Waals surface area contributed by atoms with Crippen molar-refractivity contribution < 1.29 is 19.6 Å². The lowest BCUT2D eigenvalue weighted by molar-refractivity contribution is -0.549. The average Bonchev–Trinajstić information content (AvgIpc) is 2.47. The fourth-order valence-corrected chi connectivity index (χ4v) is 1.85. The molecule has 122 valence electrons. The van der Waals surface area contributed by atoms with E-state index in [1.807, 2.05) is 6.07 Å². The second-order valence-electron chi connectivity index (χ2n) is 5.51. The lowest BCUT2D eigenvalue weighted by atomic mass is 10.0. The summed E-state index contributed by atoms with van der Waals surface area (Å²) in [5.74, 6) is -0.898. The number of rotatable bonds is 8. The van der Waals surface area contributed by atoms with Gasteiger partial charge in [-0.25, -0.2) is 4.79 Å². The molecule has 1 aromatic rings. The number of nitro groups is 1. The van der Waals surface area contributed by atoms with E-state index in [0.717, 1.165) is 5.56 Å². The fourth-order valence-electron chi connectivity index (χ4n) is 1.85. The molecule has 0 aromatic heterocycles. The van der Waals surface area contributed by atoms with E-state index >= 15 is 0 Å². The number of aliphatic hydroxyl groups is 1. The van der Waals surface area contributed by atoms with Crippen molar-refractivity contribution in [2.45, 2.75) is 38.5 Å². The van der Waals surface area contributed by atoms with Gasteiger partial charge in [-0.1, -0.05) is 30.3 Å². The molecule has 0 aliphatic carbocycles. The molecule has 0 bridgehead atoms. The highest BCUT2D eigenvalue weighted by atomic mass is 16.6. The molecule has 7 heteroatoms. The van der Waals surface area contributed by atoms with Gasteiger partial charge >= 0.3 is 11.5 Å². The second-order valence-corrected chi connectivity index (χ2v) is 5.51. The summed E-state index contributed by atoms with van der Waals surface area (Å²) in [4.78, 5) is 22.6. The Hall–Kier alpha value is -1.99. The van der Waals surface area contributed by atoms with Gasteiger partial charge in [-0.15, -0.1) is 0 Å². The molecule has 0 saturated heterocycles. The topological polar surface area (TPSA) is 102 Å². The molecule has 1 unspecified atom stereocenters. The maximum absolute atomic E-state index is 12.0. The maximum Gasteiger partial charge on any atom is 0.386 e. The molecule has 7 nitrogen and oxygen atoms in total. The number of hydrogen-bond donors (Lipinski definition) is 2. The van der Waals surface area contributed by atoms with Gasteiger partial charge in [-0.05, 0) is 19.4 Å². The average molecular weight is 310 g/mol. The Morgan fingerprint density at radius 3 is 2.45 bits per heavy atom. The Kier molecular flexibility index (Phi) is 6.45. The number of carbonyl (C=O) groups is 1. The van der Waals surface area contributed by atoms with Gasteiger partial charge in [0.15, 0.2) is 0 Å². The van der Waals surface area contributed by atoms with Crippen molar-refractivity contribution in [3.63, 3.8) is 0 Å². The predicted molar refractivity (Wildman–Crippen MR) is 80.9 cm³/mol. The molecule has 0 fully saturated rings. The van der Waals surface area contributed by atoms with Crippen LogP contribution in [0.2, 0.25) is 0 Å². The van der Waals surface area contributed by atoms with Crippen LogP contribution in [0.4, 0.5) is 0 Å². The molecule has 2 atom stereocenters. The van der Waals surface area contributed by atoms with E-state index in [1.54, 1.807) is 38.1 Å². The number of benzene rings is 1. The Balaban J connectivity index is 2.83. The highest BCUT2D eigenvalue weighted by Gasteiger charge is 2.48. The number of nitrogens with zero attached hydrogens (tertiary/aromatic N) is 1. The summed E-state index contributed by atoms with van der Waals surface area (Å²) in [6.07, 6.45) is -0.436. The predicted octanol–water partition coefficient (Wildman–Crippen LogP) is 1.30. The third-order valence-electron chi connectivity index (χ3n) is 3.26. The van der Waals surface area contributed by atoms with Crippen LogP contribution in [0.1, 0.15) is 32.4 Å². The zero-order chi connectivity index (χ0) is 16.8. The first-order valence-electron chi connectivity index (χ1n) is 7.06. The van der Waals surface area contributed by atoms with E-state index in [0.29, 0.717) is 0 Å². The minimum atomic E-state index is -1.91. The first kappa shape index (κ1) is 18.1. The lowest BCUT2D eigenvalue weighted by Gasteiger charge is -2.24. The third-order valence-corrected chi connectivity index (χ3v) is 3.26. The standard InChI is InChI=1S/C15H22N2O5/c1-11(2)22-14(19)15(3,17(20)21)10-16-13(9-18)12-7-5-4-6-8-12/h4-8,11,13,16,18H,9-10H2,1-3H3/t13-,15?/m1/s1. The Labute approximate surface area is 129 Å². The molecule has 1 aromatic carbocycles. The molecule has 0 radical (unpaired) electrons. The Morgan fingerprint density at radius 1 is 1.41 bits per heavy atom. The van der Waals surface area contributed by atoms with Crippen molar-refractivity contribution in [2.75, 3.05) is 13.2 Å². The number of aliphatic hydroxyl groups excluding tert-OH is 1. The molecule has 1 rings (SSSR count). The lowest BCUT2D eigenvalue weighted by Crippen LogP contribution is -2.53. The van der Waals surface area contributed by atoms with Gasteiger partial charge in [0.25, 0.3) is 0 Å². The van der Waals surface area contributed by atoms with E-state index in [9.17, 15) is 20.0 Å². The summed E-state index contributed by atoms with van der Waals surface area (Å²) >= 11 is 0. The van der Waals surface area contributed by atoms with Crippen molar-refractivity contribution in [1.29, 1.82) is 0 Å². The van der Waals surface area contributed by atoms with E-state index in [1.165, 1.54) is 6.92 Å². The van der Waals surface area contributed by atoms with Crippen LogP contribution in [-0.4, -0.2) is 40.8 Å². The van der Waals surface area contributed by atoms with Gasteiger partial charge in [0.1, 0.15) is 0 Å². The summed E-state index contributed by atoms with van der Waals surface area (Å²) in [6.45, 7) is 3.99. The zero-order valence-corrected chi connectivity index (χ0v) is 13.0. The third kappa shape index (κ3) is 4.51. The number of esters is 1. The van der Waals surface area contributed by atoms with E-state index in [4.69, 9.17) is 4.74 Å². The summed E-state index contributed by atoms with van der Waals surface area (Å²) in [5, 5.41) is 23.6. The molecule has 22 heavy (non-hydrogen) atoms. The van der Waals surface area contributed by atoms with Crippen LogP contribution < -0.4 is 5.32 Å². The molecular weight excluding hydrogens is 288 g/mol. The van der Waals surface area contributed by atoms with Crippen molar-refractivity contribution in [1.82, 2.24) is 5.32 Å². The Bertz CT molecular complexity index is 506. The number of nitrogens with one attached hydrogen (secondary N) is 1. The summed E-state index contributed by atoms with van der Waals surface area (Å²) in [7, 11) is 0. The molecule has 0 spiro atoms. The molecular formula is C15H22N2O5. The van der Waals surface area contributed by atoms with Gasteiger partial charge in [-0.2, -0.15) is 0 Å². The highest BCUT2D eigenvalue weighted by Crippen LogP contribution is 2.16. The van der Waals surface area contributed by atoms with Crippen molar-refractivity contribution >= 4 is 5.97 Å². The van der Waals surface area contributed by atoms with E-state index in [2.05, 4.69) is 5.32 Å². The summed E-state index contributed by atoms with van der Waals surface area (Å²) in [5.41, 5.74) is -1.13. The van der Waals surface area contributed by atoms with Crippen LogP contribution >= 0.6 is 0 Å².